The molecule has 0 radical (unpaired) electrons. The van der Waals surface area contributed by atoms with Gasteiger partial charge in [0.25, 0.3) is 0 Å². The number of oxazole rings is 1. The first-order chi connectivity index (χ1) is 11.4. The van der Waals surface area contributed by atoms with Gasteiger partial charge in [0.2, 0.25) is 5.89 Å². The van der Waals surface area contributed by atoms with Crippen LogP contribution in [0.1, 0.15) is 38.1 Å². The van der Waals surface area contributed by atoms with E-state index in [0.717, 1.165) is 17.2 Å². The molecule has 2 aromatic rings. The highest BCUT2D eigenvalue weighted by Gasteiger charge is 2.28. The minimum Gasteiger partial charge on any atom is -0.484 e. The van der Waals surface area contributed by atoms with Crippen molar-refractivity contribution >= 4 is 6.09 Å². The topological polar surface area (TPSA) is 64.8 Å². The molecule has 0 saturated heterocycles. The molecule has 3 rings (SSSR count). The summed E-state index contributed by atoms with van der Waals surface area (Å²) in [6.45, 7) is 6.80. The van der Waals surface area contributed by atoms with Gasteiger partial charge >= 0.3 is 6.09 Å². The van der Waals surface area contributed by atoms with Crippen LogP contribution >= 0.6 is 0 Å². The zero-order valence-corrected chi connectivity index (χ0v) is 14.2. The van der Waals surface area contributed by atoms with Gasteiger partial charge in [-0.3, -0.25) is 0 Å². The molecule has 128 valence electrons. The molecule has 1 aliphatic rings. The van der Waals surface area contributed by atoms with E-state index in [-0.39, 0.29) is 12.7 Å². The highest BCUT2D eigenvalue weighted by molar-refractivity contribution is 5.68. The lowest BCUT2D eigenvalue weighted by Crippen LogP contribution is -2.39. The highest BCUT2D eigenvalue weighted by atomic mass is 16.6. The number of hydrogen-bond acceptors (Lipinski definition) is 5. The Morgan fingerprint density at radius 1 is 1.29 bits per heavy atom. The fraction of sp³-hybridized carbons (Fsp3) is 0.444. The van der Waals surface area contributed by atoms with Gasteiger partial charge in [-0.1, -0.05) is 18.2 Å². The molecule has 0 atom stereocenters. The molecule has 1 aliphatic heterocycles. The number of carbonyl (C=O) groups excluding carboxylic acids is 1. The van der Waals surface area contributed by atoms with E-state index in [1.54, 1.807) is 4.90 Å². The summed E-state index contributed by atoms with van der Waals surface area (Å²) in [6.07, 6.45) is 0.311. The Morgan fingerprint density at radius 3 is 2.75 bits per heavy atom. The monoisotopic (exact) mass is 330 g/mol. The van der Waals surface area contributed by atoms with E-state index in [1.165, 1.54) is 0 Å². The van der Waals surface area contributed by atoms with Crippen molar-refractivity contribution in [3.05, 3.63) is 47.7 Å². The predicted molar refractivity (Wildman–Crippen MR) is 87.6 cm³/mol. The minimum absolute atomic E-state index is 0.267. The molecule has 0 bridgehead atoms. The van der Waals surface area contributed by atoms with Crippen molar-refractivity contribution in [1.29, 1.82) is 0 Å². The molecule has 6 nitrogen and oxygen atoms in total. The number of para-hydroxylation sites is 1. The first-order valence-electron chi connectivity index (χ1n) is 8.04. The molecule has 0 unspecified atom stereocenters. The third-order valence-corrected chi connectivity index (χ3v) is 3.53. The average Bonchev–Trinajstić information content (AvgIpc) is 2.94. The number of rotatable bonds is 3. The van der Waals surface area contributed by atoms with E-state index < -0.39 is 5.60 Å². The van der Waals surface area contributed by atoms with Crippen molar-refractivity contribution in [2.24, 2.45) is 0 Å². The number of ether oxygens (including phenoxy) is 2. The summed E-state index contributed by atoms with van der Waals surface area (Å²) >= 11 is 0. The van der Waals surface area contributed by atoms with Crippen LogP contribution in [0.15, 0.2) is 34.7 Å². The normalized spacial score (nSPS) is 14.2. The third-order valence-electron chi connectivity index (χ3n) is 3.53. The molecular weight excluding hydrogens is 308 g/mol. The van der Waals surface area contributed by atoms with Crippen molar-refractivity contribution in [3.8, 4) is 5.75 Å². The van der Waals surface area contributed by atoms with Crippen LogP contribution in [0.25, 0.3) is 0 Å². The van der Waals surface area contributed by atoms with Gasteiger partial charge in [0.05, 0.1) is 6.54 Å². The van der Waals surface area contributed by atoms with Crippen LogP contribution < -0.4 is 4.74 Å². The number of hydrogen-bond donors (Lipinski definition) is 0. The molecule has 0 saturated carbocycles. The SMILES string of the molecule is CC(C)(C)OC(=O)N1CCc2oc(COc3ccccc3)nc2C1. The fourth-order valence-electron chi connectivity index (χ4n) is 2.46. The lowest BCUT2D eigenvalue weighted by Gasteiger charge is -2.28. The summed E-state index contributed by atoms with van der Waals surface area (Å²) in [6, 6.07) is 9.52. The summed E-state index contributed by atoms with van der Waals surface area (Å²) in [5.74, 6) is 2.11. The number of fused-ring (bicyclic) bond motifs is 1. The lowest BCUT2D eigenvalue weighted by atomic mass is 10.2. The summed E-state index contributed by atoms with van der Waals surface area (Å²) in [5, 5.41) is 0. The van der Waals surface area contributed by atoms with Gasteiger partial charge in [0.15, 0.2) is 6.61 Å². The molecule has 6 heteroatoms. The Hall–Kier alpha value is -2.50. The highest BCUT2D eigenvalue weighted by Crippen LogP contribution is 2.22. The van der Waals surface area contributed by atoms with Gasteiger partial charge in [-0.05, 0) is 32.9 Å². The van der Waals surface area contributed by atoms with Crippen LogP contribution in [0.2, 0.25) is 0 Å². The van der Waals surface area contributed by atoms with Gasteiger partial charge < -0.3 is 18.8 Å². The van der Waals surface area contributed by atoms with Gasteiger partial charge in [-0.25, -0.2) is 9.78 Å². The molecular formula is C18H22N2O4. The standard InChI is InChI=1S/C18H22N2O4/c1-18(2,3)24-17(21)20-10-9-15-14(11-20)19-16(23-15)12-22-13-7-5-4-6-8-13/h4-8H,9-12H2,1-3H3. The summed E-state index contributed by atoms with van der Waals surface area (Å²) < 4.78 is 16.8. The fourth-order valence-corrected chi connectivity index (χ4v) is 2.46. The molecule has 0 aliphatic carbocycles. The molecule has 1 aromatic carbocycles. The zero-order valence-electron chi connectivity index (χ0n) is 14.2. The quantitative estimate of drug-likeness (QED) is 0.861. The van der Waals surface area contributed by atoms with Crippen LogP contribution in [0.5, 0.6) is 5.75 Å². The van der Waals surface area contributed by atoms with Gasteiger partial charge in [-0.15, -0.1) is 0 Å². The predicted octanol–water partition coefficient (Wildman–Crippen LogP) is 3.55. The zero-order chi connectivity index (χ0) is 17.2. The number of aromatic nitrogens is 1. The van der Waals surface area contributed by atoms with Gasteiger partial charge in [0, 0.05) is 13.0 Å². The first-order valence-corrected chi connectivity index (χ1v) is 8.04. The number of benzene rings is 1. The maximum absolute atomic E-state index is 12.2. The van der Waals surface area contributed by atoms with E-state index in [9.17, 15) is 4.79 Å². The Bertz CT molecular complexity index is 704. The first kappa shape index (κ1) is 16.4. The van der Waals surface area contributed by atoms with Gasteiger partial charge in [0.1, 0.15) is 22.8 Å². The Kier molecular flexibility index (Phi) is 4.46. The maximum Gasteiger partial charge on any atom is 0.410 e. The molecule has 1 amide bonds. The van der Waals surface area contributed by atoms with E-state index >= 15 is 0 Å². The van der Waals surface area contributed by atoms with Gasteiger partial charge in [-0.2, -0.15) is 0 Å². The molecule has 1 aromatic heterocycles. The van der Waals surface area contributed by atoms with Crippen molar-refractivity contribution in [1.82, 2.24) is 9.88 Å². The second kappa shape index (κ2) is 6.55. The van der Waals surface area contributed by atoms with Crippen molar-refractivity contribution in [2.45, 2.75) is 45.9 Å². The number of nitrogens with zero attached hydrogens (tertiary/aromatic N) is 2. The lowest BCUT2D eigenvalue weighted by molar-refractivity contribution is 0.0217. The Labute approximate surface area is 141 Å². The van der Waals surface area contributed by atoms with Crippen molar-refractivity contribution in [3.63, 3.8) is 0 Å². The second-order valence-electron chi connectivity index (χ2n) is 6.73. The minimum atomic E-state index is -0.504. The van der Waals surface area contributed by atoms with Crippen LogP contribution in [0, 0.1) is 0 Å². The van der Waals surface area contributed by atoms with E-state index in [4.69, 9.17) is 13.9 Å². The molecule has 0 fully saturated rings. The molecule has 24 heavy (non-hydrogen) atoms. The van der Waals surface area contributed by atoms with Crippen molar-refractivity contribution < 1.29 is 18.7 Å². The van der Waals surface area contributed by atoms with E-state index in [0.29, 0.717) is 25.4 Å². The van der Waals surface area contributed by atoms with Crippen LogP contribution in [-0.2, 0) is 24.3 Å². The third kappa shape index (κ3) is 4.07. The molecule has 2 heterocycles. The smallest absolute Gasteiger partial charge is 0.410 e. The maximum atomic E-state index is 12.2. The molecule has 0 N–H and O–H groups in total. The van der Waals surface area contributed by atoms with Crippen LogP contribution in [0.3, 0.4) is 0 Å². The van der Waals surface area contributed by atoms with Crippen LogP contribution in [-0.4, -0.2) is 28.1 Å². The largest absolute Gasteiger partial charge is 0.484 e. The average molecular weight is 330 g/mol. The van der Waals surface area contributed by atoms with Crippen LogP contribution in [0.4, 0.5) is 4.79 Å². The summed E-state index contributed by atoms with van der Waals surface area (Å²) in [7, 11) is 0. The van der Waals surface area contributed by atoms with Crippen molar-refractivity contribution in [2.75, 3.05) is 6.54 Å². The molecule has 0 spiro atoms. The number of carbonyl (C=O) groups is 1. The summed E-state index contributed by atoms with van der Waals surface area (Å²) in [4.78, 5) is 18.3. The Morgan fingerprint density at radius 2 is 2.04 bits per heavy atom. The van der Waals surface area contributed by atoms with E-state index in [2.05, 4.69) is 4.98 Å². The van der Waals surface area contributed by atoms with E-state index in [1.807, 2.05) is 51.1 Å². The summed E-state index contributed by atoms with van der Waals surface area (Å²) in [5.41, 5.74) is 0.273. The second-order valence-corrected chi connectivity index (χ2v) is 6.73. The number of amides is 1. The Balaban J connectivity index is 1.61.